The molecule has 0 saturated heterocycles. The third-order valence-electron chi connectivity index (χ3n) is 1.77. The molecule has 1 aromatic carbocycles. The van der Waals surface area contributed by atoms with E-state index in [4.69, 9.17) is 5.73 Å². The number of nitrogens with zero attached hydrogens (tertiary/aromatic N) is 2. The molecular formula is C9H8FN3S2. The van der Waals surface area contributed by atoms with E-state index >= 15 is 0 Å². The lowest BCUT2D eigenvalue weighted by Gasteiger charge is -2.01. The summed E-state index contributed by atoms with van der Waals surface area (Å²) in [4.78, 5) is 4.02. The number of thioether (sulfide) groups is 1. The van der Waals surface area contributed by atoms with Gasteiger partial charge >= 0.3 is 0 Å². The van der Waals surface area contributed by atoms with Gasteiger partial charge in [0.25, 0.3) is 0 Å². The molecule has 78 valence electrons. The molecule has 6 heteroatoms. The lowest BCUT2D eigenvalue weighted by Crippen LogP contribution is -1.91. The average molecular weight is 241 g/mol. The minimum absolute atomic E-state index is 0.180. The van der Waals surface area contributed by atoms with Gasteiger partial charge in [0.1, 0.15) is 12.1 Å². The number of rotatable bonds is 3. The fraction of sp³-hybridized carbons (Fsp3) is 0.111. The van der Waals surface area contributed by atoms with Crippen LogP contribution in [0, 0.1) is 5.82 Å². The van der Waals surface area contributed by atoms with Crippen molar-refractivity contribution < 1.29 is 4.39 Å². The summed E-state index contributed by atoms with van der Waals surface area (Å²) in [5, 5.41) is 0. The topological polar surface area (TPSA) is 51.8 Å². The predicted molar refractivity (Wildman–Crippen MR) is 60.3 cm³/mol. The standard InChI is InChI=1S/C9H8FN3S2/c10-7-3-6(1-2-8(7)11)4-14-9-12-5-13-15-9/h1-3,5H,4,11H2. The van der Waals surface area contributed by atoms with Crippen LogP contribution in [0.25, 0.3) is 0 Å². The van der Waals surface area contributed by atoms with Crippen molar-refractivity contribution >= 4 is 29.0 Å². The van der Waals surface area contributed by atoms with E-state index < -0.39 is 0 Å². The van der Waals surface area contributed by atoms with E-state index in [1.165, 1.54) is 35.7 Å². The second kappa shape index (κ2) is 4.59. The van der Waals surface area contributed by atoms with E-state index in [0.717, 1.165) is 9.90 Å². The summed E-state index contributed by atoms with van der Waals surface area (Å²) in [5.41, 5.74) is 6.45. The Kier molecular flexibility index (Phi) is 3.17. The summed E-state index contributed by atoms with van der Waals surface area (Å²) in [6.07, 6.45) is 1.51. The normalized spacial score (nSPS) is 10.5. The Morgan fingerprint density at radius 3 is 3.00 bits per heavy atom. The second-order valence-electron chi connectivity index (χ2n) is 2.85. The number of anilines is 1. The zero-order valence-electron chi connectivity index (χ0n) is 7.68. The minimum Gasteiger partial charge on any atom is -0.396 e. The SMILES string of the molecule is Nc1ccc(CSc2ncns2)cc1F. The Bertz CT molecular complexity index is 445. The lowest BCUT2D eigenvalue weighted by molar-refractivity contribution is 0.631. The van der Waals surface area contributed by atoms with Gasteiger partial charge in [-0.2, -0.15) is 4.37 Å². The summed E-state index contributed by atoms with van der Waals surface area (Å²) in [5.74, 6) is 0.303. The van der Waals surface area contributed by atoms with Crippen molar-refractivity contribution in [3.05, 3.63) is 35.9 Å². The van der Waals surface area contributed by atoms with Crippen molar-refractivity contribution in [3.8, 4) is 0 Å². The largest absolute Gasteiger partial charge is 0.396 e. The molecule has 1 aromatic heterocycles. The van der Waals surface area contributed by atoms with Gasteiger partial charge in [0.15, 0.2) is 4.34 Å². The summed E-state index contributed by atoms with van der Waals surface area (Å²) in [6.45, 7) is 0. The minimum atomic E-state index is -0.370. The summed E-state index contributed by atoms with van der Waals surface area (Å²) in [7, 11) is 0. The summed E-state index contributed by atoms with van der Waals surface area (Å²) < 4.78 is 17.8. The fourth-order valence-corrected chi connectivity index (χ4v) is 2.42. The van der Waals surface area contributed by atoms with Gasteiger partial charge < -0.3 is 5.73 Å². The van der Waals surface area contributed by atoms with Gasteiger partial charge in [0, 0.05) is 5.75 Å². The molecule has 0 aliphatic carbocycles. The Hall–Kier alpha value is -1.14. The number of hydrogen-bond donors (Lipinski definition) is 1. The molecule has 0 aliphatic rings. The van der Waals surface area contributed by atoms with Crippen LogP contribution < -0.4 is 5.73 Å². The van der Waals surface area contributed by atoms with Crippen molar-refractivity contribution in [2.75, 3.05) is 5.73 Å². The van der Waals surface area contributed by atoms with Gasteiger partial charge in [-0.3, -0.25) is 0 Å². The Morgan fingerprint density at radius 1 is 1.47 bits per heavy atom. The van der Waals surface area contributed by atoms with E-state index in [0.29, 0.717) is 5.75 Å². The van der Waals surface area contributed by atoms with Crippen LogP contribution in [0.3, 0.4) is 0 Å². The van der Waals surface area contributed by atoms with E-state index in [1.807, 2.05) is 6.07 Å². The van der Waals surface area contributed by atoms with Crippen LogP contribution in [0.4, 0.5) is 10.1 Å². The maximum atomic E-state index is 13.1. The van der Waals surface area contributed by atoms with Gasteiger partial charge in [-0.25, -0.2) is 9.37 Å². The van der Waals surface area contributed by atoms with Crippen molar-refractivity contribution in [1.82, 2.24) is 9.36 Å². The number of halogens is 1. The molecule has 0 unspecified atom stereocenters. The van der Waals surface area contributed by atoms with Crippen molar-refractivity contribution in [2.24, 2.45) is 0 Å². The molecule has 2 aromatic rings. The summed E-state index contributed by atoms with van der Waals surface area (Å²) in [6, 6.07) is 4.83. The van der Waals surface area contributed by atoms with Gasteiger partial charge in [-0.15, -0.1) is 0 Å². The van der Waals surface area contributed by atoms with Crippen LogP contribution in [-0.2, 0) is 5.75 Å². The smallest absolute Gasteiger partial charge is 0.170 e. The molecule has 2 rings (SSSR count). The van der Waals surface area contributed by atoms with Crippen molar-refractivity contribution in [2.45, 2.75) is 10.1 Å². The van der Waals surface area contributed by atoms with Gasteiger partial charge in [0.2, 0.25) is 0 Å². The molecule has 0 amide bonds. The van der Waals surface area contributed by atoms with Crippen LogP contribution in [0.1, 0.15) is 5.56 Å². The molecule has 0 fully saturated rings. The van der Waals surface area contributed by atoms with E-state index in [1.54, 1.807) is 6.07 Å². The number of hydrogen-bond acceptors (Lipinski definition) is 5. The zero-order chi connectivity index (χ0) is 10.7. The number of nitrogen functional groups attached to an aromatic ring is 1. The van der Waals surface area contributed by atoms with E-state index in [9.17, 15) is 4.39 Å². The molecule has 0 spiro atoms. The average Bonchev–Trinajstić information content (AvgIpc) is 2.73. The maximum absolute atomic E-state index is 13.1. The Labute approximate surface area is 94.7 Å². The quantitative estimate of drug-likeness (QED) is 0.662. The molecular weight excluding hydrogens is 233 g/mol. The van der Waals surface area contributed by atoms with Crippen molar-refractivity contribution in [3.63, 3.8) is 0 Å². The molecule has 0 aliphatic heterocycles. The zero-order valence-corrected chi connectivity index (χ0v) is 9.32. The first-order valence-corrected chi connectivity index (χ1v) is 5.95. The highest BCUT2D eigenvalue weighted by atomic mass is 32.2. The first-order valence-electron chi connectivity index (χ1n) is 4.19. The molecule has 0 bridgehead atoms. The monoisotopic (exact) mass is 241 g/mol. The molecule has 0 radical (unpaired) electrons. The third-order valence-corrected chi connectivity index (χ3v) is 3.64. The molecule has 15 heavy (non-hydrogen) atoms. The lowest BCUT2D eigenvalue weighted by atomic mass is 10.2. The third kappa shape index (κ3) is 2.66. The Morgan fingerprint density at radius 2 is 2.33 bits per heavy atom. The van der Waals surface area contributed by atoms with E-state index in [2.05, 4.69) is 9.36 Å². The van der Waals surface area contributed by atoms with E-state index in [-0.39, 0.29) is 11.5 Å². The molecule has 0 atom stereocenters. The first kappa shape index (κ1) is 10.4. The second-order valence-corrected chi connectivity index (χ2v) is 4.85. The molecule has 1 heterocycles. The number of benzene rings is 1. The van der Waals surface area contributed by atoms with Gasteiger partial charge in [-0.1, -0.05) is 17.8 Å². The van der Waals surface area contributed by atoms with Crippen LogP contribution in [0.15, 0.2) is 28.9 Å². The van der Waals surface area contributed by atoms with Gasteiger partial charge in [-0.05, 0) is 29.2 Å². The number of nitrogens with two attached hydrogens (primary N) is 1. The molecule has 0 saturated carbocycles. The number of aromatic nitrogens is 2. The van der Waals surface area contributed by atoms with Crippen LogP contribution in [0.5, 0.6) is 0 Å². The van der Waals surface area contributed by atoms with Crippen LogP contribution >= 0.6 is 23.3 Å². The maximum Gasteiger partial charge on any atom is 0.170 e. The van der Waals surface area contributed by atoms with Crippen molar-refractivity contribution in [1.29, 1.82) is 0 Å². The highest BCUT2D eigenvalue weighted by molar-refractivity contribution is 8.00. The molecule has 2 N–H and O–H groups in total. The highest BCUT2D eigenvalue weighted by Gasteiger charge is 2.02. The van der Waals surface area contributed by atoms with Crippen LogP contribution in [-0.4, -0.2) is 9.36 Å². The van der Waals surface area contributed by atoms with Crippen LogP contribution in [0.2, 0.25) is 0 Å². The first-order chi connectivity index (χ1) is 7.25. The summed E-state index contributed by atoms with van der Waals surface area (Å²) >= 11 is 2.87. The highest BCUT2D eigenvalue weighted by Crippen LogP contribution is 2.24. The predicted octanol–water partition coefficient (Wildman–Crippen LogP) is 2.55. The Balaban J connectivity index is 2.02. The fourth-order valence-electron chi connectivity index (χ4n) is 1.03. The van der Waals surface area contributed by atoms with Gasteiger partial charge in [0.05, 0.1) is 5.69 Å². The molecule has 3 nitrogen and oxygen atoms in total.